The van der Waals surface area contributed by atoms with E-state index in [1.165, 1.54) is 18.2 Å². The van der Waals surface area contributed by atoms with Gasteiger partial charge >= 0.3 is 12.6 Å². The van der Waals surface area contributed by atoms with Crippen molar-refractivity contribution in [1.29, 1.82) is 0 Å². The van der Waals surface area contributed by atoms with Crippen LogP contribution in [0.4, 0.5) is 14.5 Å². The monoisotopic (exact) mass is 409 g/mol. The maximum Gasteiger partial charge on any atom is 0.387 e. The number of para-hydroxylation sites is 2. The number of anilines is 1. The summed E-state index contributed by atoms with van der Waals surface area (Å²) >= 11 is 6.02. The van der Waals surface area contributed by atoms with E-state index < -0.39 is 30.5 Å². The van der Waals surface area contributed by atoms with Crippen LogP contribution in [-0.2, 0) is 19.7 Å². The quantitative estimate of drug-likeness (QED) is 0.681. The molecular formula is C20H18ClF2NO4. The third-order valence-corrected chi connectivity index (χ3v) is 4.92. The predicted octanol–water partition coefficient (Wildman–Crippen LogP) is 4.55. The molecular weight excluding hydrogens is 392 g/mol. The molecule has 0 bridgehead atoms. The molecule has 0 aliphatic heterocycles. The largest absolute Gasteiger partial charge is 0.455 e. The Balaban J connectivity index is 1.62. The Morgan fingerprint density at radius 2 is 1.89 bits per heavy atom. The van der Waals surface area contributed by atoms with Crippen molar-refractivity contribution in [1.82, 2.24) is 0 Å². The highest BCUT2D eigenvalue weighted by Crippen LogP contribution is 2.45. The molecule has 0 heterocycles. The summed E-state index contributed by atoms with van der Waals surface area (Å²) in [6.07, 6.45) is 2.09. The second-order valence-electron chi connectivity index (χ2n) is 6.44. The van der Waals surface area contributed by atoms with Gasteiger partial charge in [0.05, 0.1) is 11.1 Å². The van der Waals surface area contributed by atoms with Crippen molar-refractivity contribution in [3.63, 3.8) is 0 Å². The normalized spacial score (nSPS) is 14.9. The standard InChI is InChI=1S/C20H18ClF2NO4/c21-14-6-3-5-13(11-14)20(9-4-10-20)18(26)27-12-17(25)24-15-7-1-2-8-16(15)28-19(22)23/h1-3,5-8,11,19H,4,9-10,12H2,(H,24,25). The fourth-order valence-corrected chi connectivity index (χ4v) is 3.34. The van der Waals surface area contributed by atoms with Gasteiger partial charge in [0.2, 0.25) is 0 Å². The molecule has 0 spiro atoms. The van der Waals surface area contributed by atoms with E-state index in [0.29, 0.717) is 17.9 Å². The first kappa shape index (κ1) is 20.1. The van der Waals surface area contributed by atoms with Gasteiger partial charge in [-0.3, -0.25) is 9.59 Å². The Morgan fingerprint density at radius 3 is 2.54 bits per heavy atom. The molecule has 8 heteroatoms. The Bertz CT molecular complexity index is 871. The highest BCUT2D eigenvalue weighted by atomic mass is 35.5. The third-order valence-electron chi connectivity index (χ3n) is 4.69. The van der Waals surface area contributed by atoms with Crippen molar-refractivity contribution in [2.24, 2.45) is 0 Å². The van der Waals surface area contributed by atoms with Crippen molar-refractivity contribution in [2.45, 2.75) is 31.3 Å². The molecule has 5 nitrogen and oxygen atoms in total. The van der Waals surface area contributed by atoms with Gasteiger partial charge in [-0.25, -0.2) is 0 Å². The molecule has 1 amide bonds. The molecule has 1 aliphatic rings. The van der Waals surface area contributed by atoms with E-state index in [2.05, 4.69) is 10.1 Å². The van der Waals surface area contributed by atoms with Crippen molar-refractivity contribution >= 4 is 29.2 Å². The number of benzene rings is 2. The van der Waals surface area contributed by atoms with E-state index >= 15 is 0 Å². The number of nitrogens with one attached hydrogen (secondary N) is 1. The van der Waals surface area contributed by atoms with Crippen molar-refractivity contribution in [3.8, 4) is 5.75 Å². The van der Waals surface area contributed by atoms with E-state index in [9.17, 15) is 18.4 Å². The number of esters is 1. The van der Waals surface area contributed by atoms with Crippen LogP contribution in [0.5, 0.6) is 5.75 Å². The third kappa shape index (κ3) is 4.42. The first-order valence-electron chi connectivity index (χ1n) is 8.68. The zero-order valence-corrected chi connectivity index (χ0v) is 15.5. The average Bonchev–Trinajstić information content (AvgIpc) is 2.60. The molecule has 1 fully saturated rings. The summed E-state index contributed by atoms with van der Waals surface area (Å²) in [5.74, 6) is -1.33. The Morgan fingerprint density at radius 1 is 1.14 bits per heavy atom. The lowest BCUT2D eigenvalue weighted by atomic mass is 9.64. The zero-order valence-electron chi connectivity index (χ0n) is 14.8. The van der Waals surface area contributed by atoms with E-state index in [4.69, 9.17) is 16.3 Å². The Kier molecular flexibility index (Phi) is 6.14. The van der Waals surface area contributed by atoms with E-state index in [-0.39, 0.29) is 11.4 Å². The number of hydrogen-bond donors (Lipinski definition) is 1. The second kappa shape index (κ2) is 8.56. The van der Waals surface area contributed by atoms with Crippen LogP contribution < -0.4 is 10.1 Å². The van der Waals surface area contributed by atoms with Crippen LogP contribution in [0.2, 0.25) is 5.02 Å². The van der Waals surface area contributed by atoms with Gasteiger partial charge in [0, 0.05) is 5.02 Å². The minimum absolute atomic E-state index is 0.0667. The summed E-state index contributed by atoms with van der Waals surface area (Å²) in [6.45, 7) is -3.56. The molecule has 1 N–H and O–H groups in total. The van der Waals surface area contributed by atoms with Crippen LogP contribution in [0, 0.1) is 0 Å². The fourth-order valence-electron chi connectivity index (χ4n) is 3.15. The highest BCUT2D eigenvalue weighted by molar-refractivity contribution is 6.30. The molecule has 0 atom stereocenters. The van der Waals surface area contributed by atoms with Crippen molar-refractivity contribution < 1.29 is 27.8 Å². The summed E-state index contributed by atoms with van der Waals surface area (Å²) in [6, 6.07) is 12.8. The van der Waals surface area contributed by atoms with Crippen LogP contribution >= 0.6 is 11.6 Å². The molecule has 0 aromatic heterocycles. The summed E-state index contributed by atoms with van der Waals surface area (Å²) in [5, 5.41) is 2.93. The Labute approximate surface area is 165 Å². The second-order valence-corrected chi connectivity index (χ2v) is 6.88. The van der Waals surface area contributed by atoms with Crippen molar-refractivity contribution in [2.75, 3.05) is 11.9 Å². The zero-order chi connectivity index (χ0) is 20.1. The van der Waals surface area contributed by atoms with Gasteiger partial charge in [0.15, 0.2) is 6.61 Å². The molecule has 148 valence electrons. The molecule has 28 heavy (non-hydrogen) atoms. The highest BCUT2D eigenvalue weighted by Gasteiger charge is 2.47. The first-order valence-corrected chi connectivity index (χ1v) is 9.05. The smallest absolute Gasteiger partial charge is 0.387 e. The molecule has 2 aromatic rings. The first-order chi connectivity index (χ1) is 13.4. The maximum absolute atomic E-state index is 12.7. The molecule has 2 aromatic carbocycles. The molecule has 1 aliphatic carbocycles. The van der Waals surface area contributed by atoms with Crippen LogP contribution in [0.25, 0.3) is 0 Å². The number of halogens is 3. The van der Waals surface area contributed by atoms with Gasteiger partial charge in [0.25, 0.3) is 5.91 Å². The van der Waals surface area contributed by atoms with Gasteiger partial charge in [-0.15, -0.1) is 0 Å². The summed E-state index contributed by atoms with van der Waals surface area (Å²) in [4.78, 5) is 24.8. The number of carbonyl (C=O) groups excluding carboxylic acids is 2. The number of rotatable bonds is 7. The van der Waals surface area contributed by atoms with Gasteiger partial charge in [-0.2, -0.15) is 8.78 Å². The van der Waals surface area contributed by atoms with Gasteiger partial charge in [-0.1, -0.05) is 42.3 Å². The van der Waals surface area contributed by atoms with Gasteiger partial charge in [-0.05, 0) is 42.7 Å². The number of carbonyl (C=O) groups is 2. The summed E-state index contributed by atoms with van der Waals surface area (Å²) in [7, 11) is 0. The van der Waals surface area contributed by atoms with E-state index in [1.807, 2.05) is 6.07 Å². The average molecular weight is 410 g/mol. The number of amides is 1. The molecule has 1 saturated carbocycles. The minimum atomic E-state index is -3.02. The topological polar surface area (TPSA) is 64.6 Å². The van der Waals surface area contributed by atoms with Crippen LogP contribution in [0.15, 0.2) is 48.5 Å². The Hall–Kier alpha value is -2.67. The van der Waals surface area contributed by atoms with E-state index in [1.54, 1.807) is 24.3 Å². The predicted molar refractivity (Wildman–Crippen MR) is 99.6 cm³/mol. The lowest BCUT2D eigenvalue weighted by molar-refractivity contribution is -0.156. The van der Waals surface area contributed by atoms with Gasteiger partial charge < -0.3 is 14.8 Å². The lowest BCUT2D eigenvalue weighted by Crippen LogP contribution is -2.44. The van der Waals surface area contributed by atoms with Crippen LogP contribution in [0.3, 0.4) is 0 Å². The fraction of sp³-hybridized carbons (Fsp3) is 0.300. The summed E-state index contributed by atoms with van der Waals surface area (Å²) in [5.41, 5.74) is 0.0198. The number of alkyl halides is 2. The molecule has 3 rings (SSSR count). The molecule has 0 saturated heterocycles. The van der Waals surface area contributed by atoms with Gasteiger partial charge in [0.1, 0.15) is 5.75 Å². The maximum atomic E-state index is 12.7. The number of ether oxygens (including phenoxy) is 2. The molecule has 0 unspecified atom stereocenters. The van der Waals surface area contributed by atoms with Crippen molar-refractivity contribution in [3.05, 3.63) is 59.1 Å². The number of hydrogen-bond acceptors (Lipinski definition) is 4. The lowest BCUT2D eigenvalue weighted by Gasteiger charge is -2.39. The molecule has 0 radical (unpaired) electrons. The van der Waals surface area contributed by atoms with Crippen LogP contribution in [-0.4, -0.2) is 25.1 Å². The van der Waals surface area contributed by atoms with Crippen LogP contribution in [0.1, 0.15) is 24.8 Å². The van der Waals surface area contributed by atoms with E-state index in [0.717, 1.165) is 12.0 Å². The summed E-state index contributed by atoms with van der Waals surface area (Å²) < 4.78 is 34.5. The SMILES string of the molecule is O=C(COC(=O)C1(c2cccc(Cl)c2)CCC1)Nc1ccccc1OC(F)F. The minimum Gasteiger partial charge on any atom is -0.455 e.